The van der Waals surface area contributed by atoms with Crippen LogP contribution in [0.15, 0.2) is 60.7 Å². The Kier molecular flexibility index (Phi) is 5.67. The van der Waals surface area contributed by atoms with Gasteiger partial charge in [-0.25, -0.2) is 4.79 Å². The van der Waals surface area contributed by atoms with Gasteiger partial charge < -0.3 is 20.3 Å². The molecule has 0 spiro atoms. The topological polar surface area (TPSA) is 78.8 Å². The quantitative estimate of drug-likeness (QED) is 0.561. The number of aromatic carboxylic acids is 1. The minimum absolute atomic E-state index is 0.148. The van der Waals surface area contributed by atoms with E-state index in [0.717, 1.165) is 47.7 Å². The molecule has 1 saturated carbocycles. The van der Waals surface area contributed by atoms with Crippen LogP contribution in [0.5, 0.6) is 5.75 Å². The molecule has 0 saturated heterocycles. The Morgan fingerprint density at radius 2 is 1.76 bits per heavy atom. The van der Waals surface area contributed by atoms with Crippen LogP contribution in [0.3, 0.4) is 0 Å². The van der Waals surface area contributed by atoms with Crippen LogP contribution in [0.25, 0.3) is 10.8 Å². The fourth-order valence-electron chi connectivity index (χ4n) is 3.94. The van der Waals surface area contributed by atoms with Crippen LogP contribution in [-0.4, -0.2) is 28.3 Å². The SMILES string of the molecule is O=C(O)c1ccc(N[C@H]2CC[C@H](O)CC2)cc1OCc1cccc2ccccc12. The summed E-state index contributed by atoms with van der Waals surface area (Å²) in [6.07, 6.45) is 3.16. The van der Waals surface area contributed by atoms with Crippen LogP contribution in [-0.2, 0) is 6.61 Å². The summed E-state index contributed by atoms with van der Waals surface area (Å²) < 4.78 is 5.98. The number of benzene rings is 3. The van der Waals surface area contributed by atoms with E-state index in [1.54, 1.807) is 18.2 Å². The largest absolute Gasteiger partial charge is 0.488 e. The van der Waals surface area contributed by atoms with E-state index in [9.17, 15) is 15.0 Å². The Morgan fingerprint density at radius 3 is 2.55 bits per heavy atom. The second-order valence-corrected chi connectivity index (χ2v) is 7.59. The smallest absolute Gasteiger partial charge is 0.339 e. The maximum absolute atomic E-state index is 11.7. The van der Waals surface area contributed by atoms with Crippen molar-refractivity contribution >= 4 is 22.4 Å². The number of rotatable bonds is 6. The van der Waals surface area contributed by atoms with Gasteiger partial charge in [-0.05, 0) is 54.2 Å². The summed E-state index contributed by atoms with van der Waals surface area (Å²) in [6.45, 7) is 0.292. The molecule has 0 unspecified atom stereocenters. The van der Waals surface area contributed by atoms with Gasteiger partial charge in [-0.15, -0.1) is 0 Å². The molecule has 3 aromatic rings. The number of aliphatic hydroxyl groups is 1. The number of hydrogen-bond acceptors (Lipinski definition) is 4. The van der Waals surface area contributed by atoms with E-state index in [-0.39, 0.29) is 17.7 Å². The Labute approximate surface area is 169 Å². The van der Waals surface area contributed by atoms with Crippen LogP contribution in [0.1, 0.15) is 41.6 Å². The lowest BCUT2D eigenvalue weighted by atomic mass is 9.93. The van der Waals surface area contributed by atoms with Gasteiger partial charge in [-0.1, -0.05) is 42.5 Å². The van der Waals surface area contributed by atoms with Crippen LogP contribution in [0, 0.1) is 0 Å². The highest BCUT2D eigenvalue weighted by atomic mass is 16.5. The number of carboxylic acid groups (broad SMARTS) is 1. The third-order valence-corrected chi connectivity index (χ3v) is 5.54. The zero-order chi connectivity index (χ0) is 20.2. The van der Waals surface area contributed by atoms with Crippen LogP contribution >= 0.6 is 0 Å². The van der Waals surface area contributed by atoms with Gasteiger partial charge in [0.25, 0.3) is 0 Å². The highest BCUT2D eigenvalue weighted by Gasteiger charge is 2.20. The fraction of sp³-hybridized carbons (Fsp3) is 0.292. The van der Waals surface area contributed by atoms with Crippen LogP contribution in [0.4, 0.5) is 5.69 Å². The number of fused-ring (bicyclic) bond motifs is 1. The Bertz CT molecular complexity index is 1000. The molecule has 0 aromatic heterocycles. The van der Waals surface area contributed by atoms with E-state index >= 15 is 0 Å². The average molecular weight is 391 g/mol. The molecule has 1 aliphatic carbocycles. The Balaban J connectivity index is 1.54. The summed E-state index contributed by atoms with van der Waals surface area (Å²) in [7, 11) is 0. The van der Waals surface area contributed by atoms with E-state index in [4.69, 9.17) is 4.74 Å². The molecule has 1 aliphatic rings. The van der Waals surface area contributed by atoms with Crippen molar-refractivity contribution in [1.82, 2.24) is 0 Å². The number of nitrogens with one attached hydrogen (secondary N) is 1. The van der Waals surface area contributed by atoms with Crippen molar-refractivity contribution in [3.8, 4) is 5.75 Å². The van der Waals surface area contributed by atoms with Gasteiger partial charge in [0.2, 0.25) is 0 Å². The Morgan fingerprint density at radius 1 is 1.00 bits per heavy atom. The molecular formula is C24H25NO4. The summed E-state index contributed by atoms with van der Waals surface area (Å²) in [5, 5.41) is 24.9. The lowest BCUT2D eigenvalue weighted by Gasteiger charge is -2.27. The van der Waals surface area contributed by atoms with Gasteiger partial charge in [-0.3, -0.25) is 0 Å². The van der Waals surface area contributed by atoms with Crippen molar-refractivity contribution in [2.75, 3.05) is 5.32 Å². The molecule has 4 rings (SSSR count). The molecule has 0 aliphatic heterocycles. The van der Waals surface area contributed by atoms with Crippen molar-refractivity contribution in [1.29, 1.82) is 0 Å². The zero-order valence-electron chi connectivity index (χ0n) is 16.2. The molecule has 0 amide bonds. The predicted octanol–water partition coefficient (Wildman–Crippen LogP) is 4.83. The van der Waals surface area contributed by atoms with E-state index in [1.807, 2.05) is 42.5 Å². The molecule has 5 nitrogen and oxygen atoms in total. The van der Waals surface area contributed by atoms with E-state index < -0.39 is 5.97 Å². The van der Waals surface area contributed by atoms with Crippen molar-refractivity contribution in [2.24, 2.45) is 0 Å². The maximum atomic E-state index is 11.7. The number of ether oxygens (including phenoxy) is 1. The highest BCUT2D eigenvalue weighted by Crippen LogP contribution is 2.28. The van der Waals surface area contributed by atoms with Gasteiger partial charge in [-0.2, -0.15) is 0 Å². The lowest BCUT2D eigenvalue weighted by Crippen LogP contribution is -2.28. The van der Waals surface area contributed by atoms with Crippen molar-refractivity contribution in [3.63, 3.8) is 0 Å². The molecular weight excluding hydrogens is 366 g/mol. The summed E-state index contributed by atoms with van der Waals surface area (Å²) >= 11 is 0. The standard InChI is InChI=1S/C24H25NO4/c26-20-11-8-18(9-12-20)25-19-10-13-22(24(27)28)23(14-19)29-15-17-6-3-5-16-4-1-2-7-21(16)17/h1-7,10,13-14,18,20,25-26H,8-9,11-12,15H2,(H,27,28)/t18-,20-. The van der Waals surface area contributed by atoms with E-state index in [2.05, 4.69) is 5.32 Å². The van der Waals surface area contributed by atoms with Gasteiger partial charge in [0, 0.05) is 17.8 Å². The molecule has 150 valence electrons. The second kappa shape index (κ2) is 8.53. The molecule has 0 radical (unpaired) electrons. The normalized spacial score (nSPS) is 19.1. The van der Waals surface area contributed by atoms with Crippen molar-refractivity contribution in [3.05, 3.63) is 71.8 Å². The van der Waals surface area contributed by atoms with Crippen LogP contribution in [0.2, 0.25) is 0 Å². The number of anilines is 1. The molecule has 0 atom stereocenters. The summed E-state index contributed by atoms with van der Waals surface area (Å²) in [4.78, 5) is 11.7. The molecule has 0 heterocycles. The molecule has 3 N–H and O–H groups in total. The van der Waals surface area contributed by atoms with Crippen molar-refractivity contribution in [2.45, 2.75) is 44.4 Å². The predicted molar refractivity (Wildman–Crippen MR) is 114 cm³/mol. The van der Waals surface area contributed by atoms with Gasteiger partial charge in [0.1, 0.15) is 17.9 Å². The zero-order valence-corrected chi connectivity index (χ0v) is 16.2. The summed E-state index contributed by atoms with van der Waals surface area (Å²) in [6, 6.07) is 19.5. The van der Waals surface area contributed by atoms with Gasteiger partial charge >= 0.3 is 5.97 Å². The minimum Gasteiger partial charge on any atom is -0.488 e. The number of aliphatic hydroxyl groups excluding tert-OH is 1. The van der Waals surface area contributed by atoms with Crippen molar-refractivity contribution < 1.29 is 19.7 Å². The van der Waals surface area contributed by atoms with Gasteiger partial charge in [0.05, 0.1) is 6.10 Å². The first-order chi connectivity index (χ1) is 14.1. The Hall–Kier alpha value is -3.05. The minimum atomic E-state index is -1.01. The van der Waals surface area contributed by atoms with E-state index in [1.165, 1.54) is 0 Å². The molecule has 5 heteroatoms. The molecule has 3 aromatic carbocycles. The molecule has 29 heavy (non-hydrogen) atoms. The number of hydrogen-bond donors (Lipinski definition) is 3. The summed E-state index contributed by atoms with van der Waals surface area (Å²) in [5.41, 5.74) is 2.00. The first kappa shape index (κ1) is 19.3. The first-order valence-corrected chi connectivity index (χ1v) is 10.0. The average Bonchev–Trinajstić information content (AvgIpc) is 2.74. The third kappa shape index (κ3) is 4.51. The summed E-state index contributed by atoms with van der Waals surface area (Å²) in [5.74, 6) is -0.656. The second-order valence-electron chi connectivity index (χ2n) is 7.59. The number of carbonyl (C=O) groups is 1. The molecule has 1 fully saturated rings. The van der Waals surface area contributed by atoms with Crippen LogP contribution < -0.4 is 10.1 Å². The first-order valence-electron chi connectivity index (χ1n) is 10.0. The highest BCUT2D eigenvalue weighted by molar-refractivity contribution is 5.91. The number of carboxylic acids is 1. The maximum Gasteiger partial charge on any atom is 0.339 e. The lowest BCUT2D eigenvalue weighted by molar-refractivity contribution is 0.0691. The monoisotopic (exact) mass is 391 g/mol. The third-order valence-electron chi connectivity index (χ3n) is 5.54. The van der Waals surface area contributed by atoms with E-state index in [0.29, 0.717) is 12.4 Å². The molecule has 0 bridgehead atoms. The van der Waals surface area contributed by atoms with Gasteiger partial charge in [0.15, 0.2) is 0 Å². The fourth-order valence-corrected chi connectivity index (χ4v) is 3.94.